The molecule has 0 radical (unpaired) electrons. The molecular weight excluding hydrogens is 610 g/mol. The summed E-state index contributed by atoms with van der Waals surface area (Å²) in [5.41, 5.74) is -1.90. The minimum atomic E-state index is -3.40. The van der Waals surface area contributed by atoms with E-state index in [0.717, 1.165) is 25.5 Å². The zero-order valence-corrected chi connectivity index (χ0v) is 29.0. The third-order valence-corrected chi connectivity index (χ3v) is 11.0. The number of nitrogens with zero attached hydrogens (tertiary/aromatic N) is 1. The van der Waals surface area contributed by atoms with Crippen LogP contribution in [0, 0.1) is 35.0 Å². The number of hydrogen-bond acceptors (Lipinski definition) is 7. The lowest BCUT2D eigenvalue weighted by atomic mass is 9.83. The predicted molar refractivity (Wildman–Crippen MR) is 176 cm³/mol. The SMILES string of the molecule is C#CCC[C@H](NC(=O)[C@@H]1[C@@H]2C(CN1C(=O)[C@@H](NC(=O)NC1(CS(C)(=O)=O)CCCCC1)C(C)(C)C)C2(C)C)C(O)C(=O)NCC=C. The van der Waals surface area contributed by atoms with Gasteiger partial charge < -0.3 is 31.3 Å². The fourth-order valence-corrected chi connectivity index (χ4v) is 8.71. The Hall–Kier alpha value is -3.11. The van der Waals surface area contributed by atoms with Crippen molar-refractivity contribution in [1.82, 2.24) is 26.2 Å². The number of piperidine rings is 1. The molecule has 5 amide bonds. The largest absolute Gasteiger partial charge is 0.381 e. The van der Waals surface area contributed by atoms with E-state index in [2.05, 4.69) is 33.8 Å². The van der Waals surface area contributed by atoms with Gasteiger partial charge in [-0.3, -0.25) is 14.4 Å². The third kappa shape index (κ3) is 8.82. The van der Waals surface area contributed by atoms with Gasteiger partial charge in [0.25, 0.3) is 5.91 Å². The topological polar surface area (TPSA) is 174 Å². The molecular formula is C33H53N5O7S. The maximum Gasteiger partial charge on any atom is 0.315 e. The van der Waals surface area contributed by atoms with Gasteiger partial charge >= 0.3 is 6.03 Å². The van der Waals surface area contributed by atoms with Crippen LogP contribution in [0.1, 0.15) is 79.6 Å². The molecule has 5 N–H and O–H groups in total. The summed E-state index contributed by atoms with van der Waals surface area (Å²) in [6.07, 6.45) is 10.4. The number of aliphatic hydroxyl groups excluding tert-OH is 1. The molecule has 0 aromatic rings. The maximum atomic E-state index is 14.3. The molecule has 3 fully saturated rings. The van der Waals surface area contributed by atoms with Crippen molar-refractivity contribution in [3.8, 4) is 12.3 Å². The van der Waals surface area contributed by atoms with Crippen LogP contribution in [-0.4, -0.2) is 97.0 Å². The van der Waals surface area contributed by atoms with Gasteiger partial charge in [-0.05, 0) is 41.9 Å². The lowest BCUT2D eigenvalue weighted by molar-refractivity contribution is -0.144. The number of terminal acetylenes is 1. The Kier molecular flexibility index (Phi) is 11.6. The maximum absolute atomic E-state index is 14.3. The fraction of sp³-hybridized carbons (Fsp3) is 0.758. The molecule has 3 rings (SSSR count). The molecule has 13 heteroatoms. The molecule has 12 nitrogen and oxygen atoms in total. The van der Waals surface area contributed by atoms with Crippen LogP contribution in [0.4, 0.5) is 4.79 Å². The number of urea groups is 1. The van der Waals surface area contributed by atoms with E-state index < -0.39 is 68.8 Å². The summed E-state index contributed by atoms with van der Waals surface area (Å²) in [6.45, 7) is 13.5. The van der Waals surface area contributed by atoms with E-state index in [1.54, 1.807) is 0 Å². The first kappa shape index (κ1) is 37.3. The van der Waals surface area contributed by atoms with Gasteiger partial charge in [-0.15, -0.1) is 18.9 Å². The fourth-order valence-electron chi connectivity index (χ4n) is 7.35. The van der Waals surface area contributed by atoms with E-state index in [0.29, 0.717) is 19.4 Å². The average Bonchev–Trinajstić information content (AvgIpc) is 3.26. The molecule has 2 unspecified atom stereocenters. The summed E-state index contributed by atoms with van der Waals surface area (Å²) >= 11 is 0. The third-order valence-electron chi connectivity index (χ3n) is 9.87. The molecule has 258 valence electrons. The van der Waals surface area contributed by atoms with E-state index in [1.807, 2.05) is 34.6 Å². The molecule has 1 aliphatic heterocycles. The van der Waals surface area contributed by atoms with E-state index in [-0.39, 0.29) is 42.4 Å². The van der Waals surface area contributed by atoms with Crippen LogP contribution in [0.25, 0.3) is 0 Å². The average molecular weight is 664 g/mol. The highest BCUT2D eigenvalue weighted by molar-refractivity contribution is 7.90. The summed E-state index contributed by atoms with van der Waals surface area (Å²) in [4.78, 5) is 55.8. The Labute approximate surface area is 274 Å². The van der Waals surface area contributed by atoms with E-state index in [4.69, 9.17) is 6.42 Å². The van der Waals surface area contributed by atoms with Gasteiger partial charge in [0.1, 0.15) is 21.9 Å². The second-order valence-corrected chi connectivity index (χ2v) is 17.2. The van der Waals surface area contributed by atoms with Crippen molar-refractivity contribution in [1.29, 1.82) is 0 Å². The van der Waals surface area contributed by atoms with Crippen molar-refractivity contribution in [3.63, 3.8) is 0 Å². The Morgan fingerprint density at radius 2 is 1.76 bits per heavy atom. The number of rotatable bonds is 13. The second kappa shape index (κ2) is 14.3. The van der Waals surface area contributed by atoms with Crippen LogP contribution in [-0.2, 0) is 24.2 Å². The van der Waals surface area contributed by atoms with Crippen LogP contribution in [0.3, 0.4) is 0 Å². The van der Waals surface area contributed by atoms with Gasteiger partial charge in [-0.1, -0.05) is 60.0 Å². The van der Waals surface area contributed by atoms with E-state index in [1.165, 1.54) is 11.0 Å². The first-order valence-corrected chi connectivity index (χ1v) is 18.2. The summed E-state index contributed by atoms with van der Waals surface area (Å²) in [6, 6.07) is -3.55. The highest BCUT2D eigenvalue weighted by atomic mass is 32.2. The Morgan fingerprint density at radius 1 is 1.13 bits per heavy atom. The minimum Gasteiger partial charge on any atom is -0.381 e. The predicted octanol–water partition coefficient (Wildman–Crippen LogP) is 1.49. The second-order valence-electron chi connectivity index (χ2n) is 15.0. The standard InChI is InChI=1S/C33H53N5O7S/c1-9-11-15-22(25(39)28(41)34-18-10-2)35-27(40)24-23-21(32(23,6)7)19-38(24)29(42)26(31(3,4)5)36-30(43)37-33(20-46(8,44)45)16-13-12-14-17-33/h1,10,21-26,39H,2,11-20H2,3-8H3,(H,34,41)(H,35,40)(H2,36,37,43)/t21?,22-,23-,24-,25?,26+/m0/s1. The number of likely N-dealkylation sites (tertiary alicyclic amines) is 1. The molecule has 6 atom stereocenters. The zero-order valence-electron chi connectivity index (χ0n) is 28.1. The zero-order chi connectivity index (χ0) is 34.7. The van der Waals surface area contributed by atoms with Crippen LogP contribution >= 0.6 is 0 Å². The highest BCUT2D eigenvalue weighted by Gasteiger charge is 2.70. The Morgan fingerprint density at radius 3 is 2.30 bits per heavy atom. The Balaban J connectivity index is 1.84. The van der Waals surface area contributed by atoms with Crippen LogP contribution in [0.15, 0.2) is 12.7 Å². The number of aliphatic hydroxyl groups is 1. The van der Waals surface area contributed by atoms with Gasteiger partial charge in [-0.2, -0.15) is 0 Å². The quantitative estimate of drug-likeness (QED) is 0.147. The number of sulfone groups is 1. The first-order valence-electron chi connectivity index (χ1n) is 16.2. The van der Waals surface area contributed by atoms with Crippen molar-refractivity contribution >= 4 is 33.6 Å². The number of amides is 5. The lowest BCUT2D eigenvalue weighted by Crippen LogP contribution is -2.64. The summed E-state index contributed by atoms with van der Waals surface area (Å²) in [5.74, 6) is 0.556. The first-order chi connectivity index (χ1) is 21.3. The summed E-state index contributed by atoms with van der Waals surface area (Å²) in [7, 11) is -3.40. The minimum absolute atomic E-state index is 0.0480. The molecule has 1 heterocycles. The number of hydrogen-bond donors (Lipinski definition) is 5. The summed E-state index contributed by atoms with van der Waals surface area (Å²) in [5, 5.41) is 21.9. The molecule has 0 spiro atoms. The number of carbonyl (C=O) groups excluding carboxylic acids is 4. The number of nitrogens with one attached hydrogen (secondary N) is 4. The van der Waals surface area contributed by atoms with Gasteiger partial charge in [0, 0.05) is 25.8 Å². The monoisotopic (exact) mass is 663 g/mol. The normalized spacial score (nSPS) is 25.1. The smallest absolute Gasteiger partial charge is 0.315 e. The lowest BCUT2D eigenvalue weighted by Gasteiger charge is -2.40. The molecule has 46 heavy (non-hydrogen) atoms. The molecule has 0 aromatic heterocycles. The van der Waals surface area contributed by atoms with Gasteiger partial charge in [-0.25, -0.2) is 13.2 Å². The Bertz CT molecular complexity index is 1330. The molecule has 0 aromatic carbocycles. The van der Waals surface area contributed by atoms with Crippen molar-refractivity contribution in [2.75, 3.05) is 25.1 Å². The highest BCUT2D eigenvalue weighted by Crippen LogP contribution is 2.65. The van der Waals surface area contributed by atoms with E-state index >= 15 is 0 Å². The van der Waals surface area contributed by atoms with Crippen LogP contribution in [0.5, 0.6) is 0 Å². The number of carbonyl (C=O) groups is 4. The molecule has 0 bridgehead atoms. The molecule has 2 saturated carbocycles. The van der Waals surface area contributed by atoms with Gasteiger partial charge in [0.2, 0.25) is 11.8 Å². The van der Waals surface area contributed by atoms with Gasteiger partial charge in [0.15, 0.2) is 6.10 Å². The van der Waals surface area contributed by atoms with E-state index in [9.17, 15) is 32.7 Å². The van der Waals surface area contributed by atoms with Crippen molar-refractivity contribution in [3.05, 3.63) is 12.7 Å². The summed E-state index contributed by atoms with van der Waals surface area (Å²) < 4.78 is 24.6. The van der Waals surface area contributed by atoms with Crippen LogP contribution in [0.2, 0.25) is 0 Å². The van der Waals surface area contributed by atoms with Crippen molar-refractivity contribution in [2.24, 2.45) is 22.7 Å². The van der Waals surface area contributed by atoms with Crippen LogP contribution < -0.4 is 21.3 Å². The van der Waals surface area contributed by atoms with Gasteiger partial charge in [0.05, 0.1) is 17.3 Å². The molecule has 2 aliphatic carbocycles. The van der Waals surface area contributed by atoms with Crippen molar-refractivity contribution < 1.29 is 32.7 Å². The molecule has 3 aliphatic rings. The van der Waals surface area contributed by atoms with Crippen molar-refractivity contribution in [2.45, 2.75) is 109 Å². The molecule has 1 saturated heterocycles. The number of fused-ring (bicyclic) bond motifs is 1.